The summed E-state index contributed by atoms with van der Waals surface area (Å²) < 4.78 is 10.3. The van der Waals surface area contributed by atoms with Crippen LogP contribution in [-0.2, 0) is 23.9 Å². The maximum atomic E-state index is 13.4. The van der Waals surface area contributed by atoms with Crippen LogP contribution in [0, 0.1) is 17.8 Å². The Balaban J connectivity index is 5.75. The maximum Gasteiger partial charge on any atom is 0.408 e. The standard InChI is InChI=1S/C27H51N3O7/c1-11-17(6)22(24(33)28-19(14-16(4)5)20(31)15-21(32)36-13-3)29-25(34)23(18(7)12-2)30-26(35)37-27(8,9)10/h16-20,22-23,31H,11-15H2,1-10H3,(H,28,33)(H,29,34)(H,30,35)/t17-,18-,19-,20-,22-,23-/m0/s1. The maximum absolute atomic E-state index is 13.4. The van der Waals surface area contributed by atoms with E-state index in [9.17, 15) is 24.3 Å². The van der Waals surface area contributed by atoms with E-state index in [0.717, 1.165) is 0 Å². The Morgan fingerprint density at radius 1 is 0.811 bits per heavy atom. The van der Waals surface area contributed by atoms with Crippen LogP contribution in [0.4, 0.5) is 4.79 Å². The summed E-state index contributed by atoms with van der Waals surface area (Å²) in [4.78, 5) is 51.0. The van der Waals surface area contributed by atoms with E-state index in [0.29, 0.717) is 19.3 Å². The molecule has 37 heavy (non-hydrogen) atoms. The molecular weight excluding hydrogens is 478 g/mol. The molecule has 0 heterocycles. The highest BCUT2D eigenvalue weighted by Gasteiger charge is 2.35. The minimum Gasteiger partial charge on any atom is -0.466 e. The minimum atomic E-state index is -1.14. The fourth-order valence-corrected chi connectivity index (χ4v) is 3.71. The fourth-order valence-electron chi connectivity index (χ4n) is 3.71. The van der Waals surface area contributed by atoms with Crippen molar-refractivity contribution in [1.29, 1.82) is 0 Å². The first kappa shape index (κ1) is 34.6. The van der Waals surface area contributed by atoms with Gasteiger partial charge in [0.15, 0.2) is 0 Å². The molecule has 10 nitrogen and oxygen atoms in total. The van der Waals surface area contributed by atoms with Crippen molar-refractivity contribution in [3.8, 4) is 0 Å². The second-order valence-corrected chi connectivity index (χ2v) is 11.2. The molecule has 3 amide bonds. The number of rotatable bonds is 15. The average molecular weight is 530 g/mol. The third-order valence-corrected chi connectivity index (χ3v) is 6.16. The van der Waals surface area contributed by atoms with Gasteiger partial charge in [0.25, 0.3) is 0 Å². The molecule has 0 radical (unpaired) electrons. The lowest BCUT2D eigenvalue weighted by Crippen LogP contribution is -2.59. The van der Waals surface area contributed by atoms with Crippen molar-refractivity contribution < 1.29 is 33.8 Å². The van der Waals surface area contributed by atoms with Crippen molar-refractivity contribution in [1.82, 2.24) is 16.0 Å². The monoisotopic (exact) mass is 529 g/mol. The van der Waals surface area contributed by atoms with E-state index in [1.54, 1.807) is 27.7 Å². The first-order chi connectivity index (χ1) is 17.1. The first-order valence-electron chi connectivity index (χ1n) is 13.5. The zero-order valence-electron chi connectivity index (χ0n) is 24.5. The van der Waals surface area contributed by atoms with E-state index in [-0.39, 0.29) is 30.8 Å². The largest absolute Gasteiger partial charge is 0.466 e. The average Bonchev–Trinajstić information content (AvgIpc) is 2.77. The Hall–Kier alpha value is -2.36. The Morgan fingerprint density at radius 2 is 1.30 bits per heavy atom. The van der Waals surface area contributed by atoms with Gasteiger partial charge in [-0.15, -0.1) is 0 Å². The Labute approximate surface area is 223 Å². The van der Waals surface area contributed by atoms with Crippen molar-refractivity contribution in [2.24, 2.45) is 17.8 Å². The van der Waals surface area contributed by atoms with Crippen LogP contribution in [0.2, 0.25) is 0 Å². The molecular formula is C27H51N3O7. The van der Waals surface area contributed by atoms with Gasteiger partial charge in [0.2, 0.25) is 11.8 Å². The quantitative estimate of drug-likeness (QED) is 0.238. The summed E-state index contributed by atoms with van der Waals surface area (Å²) in [6.07, 6.45) is -0.446. The van der Waals surface area contributed by atoms with Gasteiger partial charge in [-0.1, -0.05) is 54.4 Å². The van der Waals surface area contributed by atoms with Gasteiger partial charge < -0.3 is 30.5 Å². The number of carbonyl (C=O) groups is 4. The Bertz CT molecular complexity index is 736. The van der Waals surface area contributed by atoms with Gasteiger partial charge in [-0.2, -0.15) is 0 Å². The third-order valence-electron chi connectivity index (χ3n) is 6.16. The lowest BCUT2D eigenvalue weighted by Gasteiger charge is -2.32. The van der Waals surface area contributed by atoms with E-state index in [4.69, 9.17) is 9.47 Å². The van der Waals surface area contributed by atoms with Crippen molar-refractivity contribution in [3.63, 3.8) is 0 Å². The highest BCUT2D eigenvalue weighted by atomic mass is 16.6. The lowest BCUT2D eigenvalue weighted by atomic mass is 9.93. The van der Waals surface area contributed by atoms with E-state index < -0.39 is 53.7 Å². The summed E-state index contributed by atoms with van der Waals surface area (Å²) in [6, 6.07) is -2.51. The topological polar surface area (TPSA) is 143 Å². The summed E-state index contributed by atoms with van der Waals surface area (Å²) >= 11 is 0. The van der Waals surface area contributed by atoms with Gasteiger partial charge in [-0.3, -0.25) is 14.4 Å². The summed E-state index contributed by atoms with van der Waals surface area (Å²) in [6.45, 7) is 18.5. The van der Waals surface area contributed by atoms with E-state index in [1.165, 1.54) is 0 Å². The molecule has 0 aromatic carbocycles. The number of ether oxygens (including phenoxy) is 2. The number of amides is 3. The Kier molecular flexibility index (Phi) is 15.4. The van der Waals surface area contributed by atoms with Crippen molar-refractivity contribution in [2.75, 3.05) is 6.61 Å². The number of aliphatic hydroxyl groups is 1. The van der Waals surface area contributed by atoms with Crippen LogP contribution in [0.3, 0.4) is 0 Å². The first-order valence-corrected chi connectivity index (χ1v) is 13.5. The molecule has 0 unspecified atom stereocenters. The van der Waals surface area contributed by atoms with Crippen LogP contribution in [0.15, 0.2) is 0 Å². The summed E-state index contributed by atoms with van der Waals surface area (Å²) in [7, 11) is 0. The molecule has 0 aliphatic carbocycles. The molecule has 0 aromatic rings. The number of esters is 1. The molecule has 0 aliphatic rings. The van der Waals surface area contributed by atoms with E-state index in [1.807, 2.05) is 41.5 Å². The molecule has 0 bridgehead atoms. The predicted molar refractivity (Wildman–Crippen MR) is 143 cm³/mol. The van der Waals surface area contributed by atoms with Crippen LogP contribution in [-0.4, -0.2) is 65.4 Å². The highest BCUT2D eigenvalue weighted by Crippen LogP contribution is 2.16. The molecule has 6 atom stereocenters. The molecule has 10 heteroatoms. The zero-order valence-corrected chi connectivity index (χ0v) is 24.5. The van der Waals surface area contributed by atoms with Gasteiger partial charge in [0.1, 0.15) is 17.7 Å². The van der Waals surface area contributed by atoms with Gasteiger partial charge in [-0.25, -0.2) is 4.79 Å². The van der Waals surface area contributed by atoms with Crippen molar-refractivity contribution >= 4 is 23.9 Å². The van der Waals surface area contributed by atoms with Gasteiger partial charge >= 0.3 is 12.1 Å². The van der Waals surface area contributed by atoms with E-state index >= 15 is 0 Å². The summed E-state index contributed by atoms with van der Waals surface area (Å²) in [5.41, 5.74) is -0.727. The van der Waals surface area contributed by atoms with E-state index in [2.05, 4.69) is 16.0 Å². The molecule has 0 saturated heterocycles. The number of aliphatic hydroxyl groups excluding tert-OH is 1. The normalized spacial score (nSPS) is 16.5. The molecule has 4 N–H and O–H groups in total. The van der Waals surface area contributed by atoms with Crippen LogP contribution in [0.5, 0.6) is 0 Å². The number of alkyl carbamates (subject to hydrolysis) is 1. The van der Waals surface area contributed by atoms with Crippen molar-refractivity contribution in [2.45, 2.75) is 125 Å². The predicted octanol–water partition coefficient (Wildman–Crippen LogP) is 3.30. The van der Waals surface area contributed by atoms with Gasteiger partial charge in [0.05, 0.1) is 25.2 Å². The van der Waals surface area contributed by atoms with Crippen LogP contribution >= 0.6 is 0 Å². The second-order valence-electron chi connectivity index (χ2n) is 11.2. The molecule has 0 spiro atoms. The molecule has 0 aliphatic heterocycles. The number of carbonyl (C=O) groups excluding carboxylic acids is 4. The van der Waals surface area contributed by atoms with Crippen LogP contribution in [0.1, 0.15) is 94.9 Å². The van der Waals surface area contributed by atoms with Crippen molar-refractivity contribution in [3.05, 3.63) is 0 Å². The highest BCUT2D eigenvalue weighted by molar-refractivity contribution is 5.91. The smallest absolute Gasteiger partial charge is 0.408 e. The number of hydrogen-bond donors (Lipinski definition) is 4. The molecule has 0 saturated carbocycles. The van der Waals surface area contributed by atoms with Crippen LogP contribution in [0.25, 0.3) is 0 Å². The fraction of sp³-hybridized carbons (Fsp3) is 0.852. The lowest BCUT2D eigenvalue weighted by molar-refractivity contribution is -0.146. The minimum absolute atomic E-state index is 0.131. The number of nitrogens with one attached hydrogen (secondary N) is 3. The molecule has 0 rings (SSSR count). The Morgan fingerprint density at radius 3 is 1.73 bits per heavy atom. The van der Waals surface area contributed by atoms with Gasteiger partial charge in [-0.05, 0) is 51.9 Å². The summed E-state index contributed by atoms with van der Waals surface area (Å²) in [5, 5.41) is 19.0. The SMILES string of the molecule is CCOC(=O)C[C@H](O)[C@H](CC(C)C)NC(=O)[C@@H](NC(=O)[C@@H](NC(=O)OC(C)(C)C)[C@@H](C)CC)[C@@H](C)CC. The molecule has 0 aromatic heterocycles. The van der Waals surface area contributed by atoms with Gasteiger partial charge in [0, 0.05) is 0 Å². The zero-order chi connectivity index (χ0) is 28.9. The van der Waals surface area contributed by atoms with Crippen LogP contribution < -0.4 is 16.0 Å². The second kappa shape index (κ2) is 16.5. The molecule has 216 valence electrons. The third kappa shape index (κ3) is 13.7. The summed E-state index contributed by atoms with van der Waals surface area (Å²) in [5.74, 6) is -1.82. The number of hydrogen-bond acceptors (Lipinski definition) is 7. The molecule has 0 fully saturated rings.